The molecule has 2 aromatic heterocycles. The molecule has 3 aromatic carbocycles. The van der Waals surface area contributed by atoms with Crippen LogP contribution < -0.4 is 14.8 Å². The molecule has 1 N–H and O–H groups in total. The number of methoxy groups -OCH3 is 1. The maximum absolute atomic E-state index is 13.6. The summed E-state index contributed by atoms with van der Waals surface area (Å²) in [5, 5.41) is 23.7. The number of aromatic nitrogens is 2. The number of nitriles is 2. The van der Waals surface area contributed by atoms with Crippen molar-refractivity contribution in [3.63, 3.8) is 0 Å². The molecule has 232 valence electrons. The number of fused-ring (bicyclic) bond motifs is 1. The molecule has 5 aromatic rings. The van der Waals surface area contributed by atoms with Crippen molar-refractivity contribution in [2.75, 3.05) is 32.1 Å². The highest BCUT2D eigenvalue weighted by atomic mass is 16.5. The molecule has 0 unspecified atom stereocenters. The van der Waals surface area contributed by atoms with Crippen LogP contribution >= 0.6 is 0 Å². The highest BCUT2D eigenvalue weighted by Gasteiger charge is 2.27. The first-order valence-corrected chi connectivity index (χ1v) is 15.0. The number of ether oxygens (including phenoxy) is 3. The van der Waals surface area contributed by atoms with E-state index in [0.29, 0.717) is 34.6 Å². The third kappa shape index (κ3) is 6.34. The van der Waals surface area contributed by atoms with E-state index >= 15 is 0 Å². The fraction of sp³-hybridized carbons (Fsp3) is 0.222. The first-order chi connectivity index (χ1) is 22.5. The SMILES string of the molecule is CCOC(=O)c1c(CN(CC)CC)n(-c2ccc(OC)cc2)c2ccc(Oc3ncc(C#N)c(Nc4ccccc4)c3C#N)cc12. The van der Waals surface area contributed by atoms with Gasteiger partial charge in [-0.05, 0) is 74.6 Å². The second-order valence-corrected chi connectivity index (χ2v) is 10.3. The van der Waals surface area contributed by atoms with Crippen molar-refractivity contribution in [2.24, 2.45) is 0 Å². The molecular formula is C36H34N6O4. The van der Waals surface area contributed by atoms with Gasteiger partial charge in [0.15, 0.2) is 0 Å². The van der Waals surface area contributed by atoms with Crippen LogP contribution in [-0.4, -0.2) is 47.2 Å². The molecule has 10 heteroatoms. The minimum atomic E-state index is -0.442. The predicted octanol–water partition coefficient (Wildman–Crippen LogP) is 7.33. The van der Waals surface area contributed by atoms with E-state index < -0.39 is 5.97 Å². The first kappa shape index (κ1) is 31.6. The second kappa shape index (κ2) is 14.3. The lowest BCUT2D eigenvalue weighted by Gasteiger charge is -2.21. The molecule has 0 spiro atoms. The predicted molar refractivity (Wildman–Crippen MR) is 176 cm³/mol. The van der Waals surface area contributed by atoms with Gasteiger partial charge in [-0.15, -0.1) is 0 Å². The van der Waals surface area contributed by atoms with Crippen LogP contribution in [0.25, 0.3) is 16.6 Å². The Morgan fingerprint density at radius 1 is 0.957 bits per heavy atom. The van der Waals surface area contributed by atoms with E-state index in [0.717, 1.165) is 35.7 Å². The Balaban J connectivity index is 1.68. The number of carbonyl (C=O) groups is 1. The highest BCUT2D eigenvalue weighted by Crippen LogP contribution is 2.37. The zero-order valence-corrected chi connectivity index (χ0v) is 26.2. The number of benzene rings is 3. The molecule has 0 saturated heterocycles. The van der Waals surface area contributed by atoms with Gasteiger partial charge in [0.1, 0.15) is 29.2 Å². The molecule has 0 aliphatic heterocycles. The lowest BCUT2D eigenvalue weighted by molar-refractivity contribution is 0.0526. The number of hydrogen-bond donors (Lipinski definition) is 1. The van der Waals surface area contributed by atoms with Crippen LogP contribution in [0.3, 0.4) is 0 Å². The number of carbonyl (C=O) groups excluding carboxylic acids is 1. The molecule has 0 saturated carbocycles. The van der Waals surface area contributed by atoms with Crippen molar-refractivity contribution in [1.82, 2.24) is 14.5 Å². The molecule has 0 radical (unpaired) electrons. The Kier molecular flexibility index (Phi) is 9.81. The monoisotopic (exact) mass is 614 g/mol. The Morgan fingerprint density at radius 2 is 1.67 bits per heavy atom. The van der Waals surface area contributed by atoms with E-state index in [1.54, 1.807) is 26.2 Å². The molecule has 0 atom stereocenters. The molecule has 2 heterocycles. The molecule has 10 nitrogen and oxygen atoms in total. The summed E-state index contributed by atoms with van der Waals surface area (Å²) in [6.07, 6.45) is 1.37. The summed E-state index contributed by atoms with van der Waals surface area (Å²) in [7, 11) is 1.62. The van der Waals surface area contributed by atoms with Crippen LogP contribution in [0.4, 0.5) is 11.4 Å². The molecule has 46 heavy (non-hydrogen) atoms. The van der Waals surface area contributed by atoms with Crippen LogP contribution in [0, 0.1) is 22.7 Å². The third-order valence-electron chi connectivity index (χ3n) is 7.65. The normalized spacial score (nSPS) is 10.8. The van der Waals surface area contributed by atoms with Crippen LogP contribution in [0.2, 0.25) is 0 Å². The first-order valence-electron chi connectivity index (χ1n) is 15.0. The van der Waals surface area contributed by atoms with E-state index in [1.807, 2.05) is 60.7 Å². The van der Waals surface area contributed by atoms with Gasteiger partial charge in [0, 0.05) is 23.3 Å². The van der Waals surface area contributed by atoms with Crippen LogP contribution in [0.1, 0.15) is 48.0 Å². The van der Waals surface area contributed by atoms with Crippen molar-refractivity contribution >= 4 is 28.2 Å². The maximum Gasteiger partial charge on any atom is 0.340 e. The fourth-order valence-electron chi connectivity index (χ4n) is 5.32. The average Bonchev–Trinajstić information content (AvgIpc) is 3.40. The zero-order chi connectivity index (χ0) is 32.6. The molecule has 0 aliphatic carbocycles. The summed E-state index contributed by atoms with van der Waals surface area (Å²) in [6, 6.07) is 26.5. The molecule has 0 amide bonds. The van der Waals surface area contributed by atoms with Crippen molar-refractivity contribution in [2.45, 2.75) is 27.3 Å². The third-order valence-corrected chi connectivity index (χ3v) is 7.65. The molecular weight excluding hydrogens is 580 g/mol. The minimum absolute atomic E-state index is 0.0231. The fourth-order valence-corrected chi connectivity index (χ4v) is 5.32. The summed E-state index contributed by atoms with van der Waals surface area (Å²) < 4.78 is 19.2. The number of esters is 1. The van der Waals surface area contributed by atoms with Gasteiger partial charge in [0.2, 0.25) is 5.88 Å². The summed E-state index contributed by atoms with van der Waals surface area (Å²) in [4.78, 5) is 20.2. The van der Waals surface area contributed by atoms with Crippen molar-refractivity contribution in [3.8, 4) is 35.2 Å². The average molecular weight is 615 g/mol. The Bertz CT molecular complexity index is 1930. The van der Waals surface area contributed by atoms with Gasteiger partial charge >= 0.3 is 5.97 Å². The van der Waals surface area contributed by atoms with Gasteiger partial charge < -0.3 is 24.1 Å². The van der Waals surface area contributed by atoms with Gasteiger partial charge in [0.25, 0.3) is 0 Å². The smallest absolute Gasteiger partial charge is 0.340 e. The van der Waals surface area contributed by atoms with Crippen LogP contribution in [0.5, 0.6) is 17.4 Å². The Hall–Kier alpha value is -5.84. The van der Waals surface area contributed by atoms with Gasteiger partial charge in [-0.3, -0.25) is 4.90 Å². The molecule has 0 fully saturated rings. The number of anilines is 2. The zero-order valence-electron chi connectivity index (χ0n) is 26.2. The maximum atomic E-state index is 13.6. The molecule has 0 bridgehead atoms. The highest BCUT2D eigenvalue weighted by molar-refractivity contribution is 6.07. The molecule has 0 aliphatic rings. The van der Waals surface area contributed by atoms with Crippen LogP contribution in [0.15, 0.2) is 79.0 Å². The summed E-state index contributed by atoms with van der Waals surface area (Å²) >= 11 is 0. The topological polar surface area (TPSA) is 125 Å². The summed E-state index contributed by atoms with van der Waals surface area (Å²) in [5.41, 5.74) is 4.12. The van der Waals surface area contributed by atoms with E-state index in [2.05, 4.69) is 45.8 Å². The lowest BCUT2D eigenvalue weighted by Crippen LogP contribution is -2.25. The summed E-state index contributed by atoms with van der Waals surface area (Å²) in [6.45, 7) is 8.24. The van der Waals surface area contributed by atoms with Gasteiger partial charge in [-0.25, -0.2) is 9.78 Å². The standard InChI is InChI=1S/C36H34N6O4/c1-5-41(6-2)23-32-33(36(43)45-7-3)29-19-28(17-18-31(29)42(32)26-13-15-27(44-4)16-14-26)46-35-30(21-38)34(24(20-37)22-39-35)40-25-11-9-8-10-12-25/h8-19,22H,5-7,23H2,1-4H3,(H,39,40). The van der Waals surface area contributed by atoms with Crippen molar-refractivity contribution in [3.05, 3.63) is 101 Å². The largest absolute Gasteiger partial charge is 0.497 e. The Labute approximate surface area is 268 Å². The number of rotatable bonds is 12. The number of nitrogens with one attached hydrogen (secondary N) is 1. The number of hydrogen-bond acceptors (Lipinski definition) is 9. The van der Waals surface area contributed by atoms with E-state index in [9.17, 15) is 15.3 Å². The quantitative estimate of drug-likeness (QED) is 0.144. The minimum Gasteiger partial charge on any atom is -0.497 e. The molecule has 5 rings (SSSR count). The van der Waals surface area contributed by atoms with Gasteiger partial charge in [0.05, 0.1) is 47.9 Å². The number of pyridine rings is 1. The van der Waals surface area contributed by atoms with E-state index in [-0.39, 0.29) is 23.6 Å². The lowest BCUT2D eigenvalue weighted by atomic mass is 10.1. The second-order valence-electron chi connectivity index (χ2n) is 10.3. The van der Waals surface area contributed by atoms with Gasteiger partial charge in [-0.2, -0.15) is 10.5 Å². The number of para-hydroxylation sites is 1. The van der Waals surface area contributed by atoms with E-state index in [1.165, 1.54) is 6.20 Å². The van der Waals surface area contributed by atoms with Gasteiger partial charge in [-0.1, -0.05) is 32.0 Å². The Morgan fingerprint density at radius 3 is 2.30 bits per heavy atom. The van der Waals surface area contributed by atoms with E-state index in [4.69, 9.17) is 14.2 Å². The van der Waals surface area contributed by atoms with Crippen molar-refractivity contribution < 1.29 is 19.0 Å². The van der Waals surface area contributed by atoms with Crippen molar-refractivity contribution in [1.29, 1.82) is 10.5 Å². The summed E-state index contributed by atoms with van der Waals surface area (Å²) in [5.74, 6) is 0.660. The van der Waals surface area contributed by atoms with Crippen LogP contribution in [-0.2, 0) is 11.3 Å². The number of nitrogens with zero attached hydrogens (tertiary/aromatic N) is 5.